The van der Waals surface area contributed by atoms with Gasteiger partial charge in [-0.1, -0.05) is 30.3 Å². The van der Waals surface area contributed by atoms with E-state index in [4.69, 9.17) is 5.73 Å². The molecule has 0 aliphatic heterocycles. The van der Waals surface area contributed by atoms with Crippen molar-refractivity contribution in [2.45, 2.75) is 24.9 Å². The van der Waals surface area contributed by atoms with Gasteiger partial charge in [0.25, 0.3) is 0 Å². The van der Waals surface area contributed by atoms with Gasteiger partial charge in [-0.25, -0.2) is 9.78 Å². The second-order valence-corrected chi connectivity index (χ2v) is 5.69. The highest BCUT2D eigenvalue weighted by atomic mass is 16.4. The number of aromatic amines is 1. The molecule has 0 spiro atoms. The molecular formula is C17H21N5O4. The highest BCUT2D eigenvalue weighted by Crippen LogP contribution is 2.05. The van der Waals surface area contributed by atoms with Gasteiger partial charge >= 0.3 is 5.97 Å². The van der Waals surface area contributed by atoms with Crippen LogP contribution in [0, 0.1) is 0 Å². The summed E-state index contributed by atoms with van der Waals surface area (Å²) < 4.78 is 0. The Morgan fingerprint density at radius 2 is 1.85 bits per heavy atom. The summed E-state index contributed by atoms with van der Waals surface area (Å²) in [5.74, 6) is -2.28. The van der Waals surface area contributed by atoms with Gasteiger partial charge in [0.05, 0.1) is 12.9 Å². The van der Waals surface area contributed by atoms with Crippen LogP contribution in [0.1, 0.15) is 11.3 Å². The SMILES string of the molecule is NCC(=O)N[C@@H](Cc1ccccc1)C(=O)N[C@@H](Cc1cnc[nH]1)C(=O)O. The molecule has 0 bridgehead atoms. The molecule has 0 radical (unpaired) electrons. The average Bonchev–Trinajstić information content (AvgIpc) is 3.14. The van der Waals surface area contributed by atoms with Gasteiger partial charge in [0.2, 0.25) is 11.8 Å². The number of carboxylic acids is 1. The Labute approximate surface area is 150 Å². The van der Waals surface area contributed by atoms with Gasteiger partial charge in [-0.15, -0.1) is 0 Å². The fraction of sp³-hybridized carbons (Fsp3) is 0.294. The number of nitrogens with zero attached hydrogens (tertiary/aromatic N) is 1. The molecule has 0 aliphatic rings. The molecule has 2 amide bonds. The average molecular weight is 359 g/mol. The molecule has 1 heterocycles. The van der Waals surface area contributed by atoms with Crippen LogP contribution in [-0.4, -0.2) is 51.5 Å². The summed E-state index contributed by atoms with van der Waals surface area (Å²) in [5, 5.41) is 14.4. The van der Waals surface area contributed by atoms with Crippen molar-refractivity contribution < 1.29 is 19.5 Å². The van der Waals surface area contributed by atoms with Gasteiger partial charge in [-0.05, 0) is 5.56 Å². The third kappa shape index (κ3) is 5.71. The van der Waals surface area contributed by atoms with Gasteiger partial charge in [0.1, 0.15) is 12.1 Å². The molecule has 9 heteroatoms. The van der Waals surface area contributed by atoms with Gasteiger partial charge in [0.15, 0.2) is 0 Å². The van der Waals surface area contributed by atoms with Crippen LogP contribution in [0.3, 0.4) is 0 Å². The molecule has 138 valence electrons. The quantitative estimate of drug-likeness (QED) is 0.396. The highest BCUT2D eigenvalue weighted by Gasteiger charge is 2.27. The Balaban J connectivity index is 2.09. The number of aliphatic carboxylic acids is 1. The van der Waals surface area contributed by atoms with Gasteiger partial charge in [0, 0.05) is 24.7 Å². The predicted molar refractivity (Wildman–Crippen MR) is 93.0 cm³/mol. The molecule has 2 atom stereocenters. The zero-order valence-corrected chi connectivity index (χ0v) is 14.0. The number of amides is 2. The van der Waals surface area contributed by atoms with Crippen LogP contribution in [0.15, 0.2) is 42.9 Å². The second-order valence-electron chi connectivity index (χ2n) is 5.69. The van der Waals surface area contributed by atoms with Crippen LogP contribution < -0.4 is 16.4 Å². The summed E-state index contributed by atoms with van der Waals surface area (Å²) in [5.41, 5.74) is 6.70. The number of H-pyrrole nitrogens is 1. The van der Waals surface area contributed by atoms with Gasteiger partial charge in [-0.3, -0.25) is 9.59 Å². The third-order valence-corrected chi connectivity index (χ3v) is 3.71. The van der Waals surface area contributed by atoms with E-state index in [-0.39, 0.29) is 19.4 Å². The number of carbonyl (C=O) groups excluding carboxylic acids is 2. The third-order valence-electron chi connectivity index (χ3n) is 3.71. The predicted octanol–water partition coefficient (Wildman–Crippen LogP) is -0.792. The minimum absolute atomic E-state index is 0.0456. The van der Waals surface area contributed by atoms with Crippen LogP contribution in [-0.2, 0) is 27.2 Å². The van der Waals surface area contributed by atoms with E-state index in [1.807, 2.05) is 30.3 Å². The molecule has 6 N–H and O–H groups in total. The lowest BCUT2D eigenvalue weighted by Gasteiger charge is -2.21. The molecule has 1 aromatic carbocycles. The van der Waals surface area contributed by atoms with E-state index in [0.29, 0.717) is 5.69 Å². The molecule has 0 unspecified atom stereocenters. The summed E-state index contributed by atoms with van der Waals surface area (Å²) in [6, 6.07) is 7.00. The summed E-state index contributed by atoms with van der Waals surface area (Å²) in [7, 11) is 0. The maximum Gasteiger partial charge on any atom is 0.326 e. The lowest BCUT2D eigenvalue weighted by molar-refractivity contribution is -0.142. The first-order chi connectivity index (χ1) is 12.5. The van der Waals surface area contributed by atoms with Crippen molar-refractivity contribution in [1.82, 2.24) is 20.6 Å². The summed E-state index contributed by atoms with van der Waals surface area (Å²) >= 11 is 0. The number of benzene rings is 1. The smallest absolute Gasteiger partial charge is 0.326 e. The largest absolute Gasteiger partial charge is 0.480 e. The Morgan fingerprint density at radius 1 is 1.12 bits per heavy atom. The number of nitrogens with one attached hydrogen (secondary N) is 3. The zero-order valence-electron chi connectivity index (χ0n) is 14.0. The van der Waals surface area contributed by atoms with Crippen molar-refractivity contribution in [1.29, 1.82) is 0 Å². The van der Waals surface area contributed by atoms with Crippen LogP contribution in [0.25, 0.3) is 0 Å². The number of nitrogens with two attached hydrogens (primary N) is 1. The standard InChI is InChI=1S/C17H21N5O4/c18-8-15(23)21-13(6-11-4-2-1-3-5-11)16(24)22-14(17(25)26)7-12-9-19-10-20-12/h1-5,9-10,13-14H,6-8,18H2,(H,19,20)(H,21,23)(H,22,24)(H,25,26)/t13-,14-/m0/s1. The van der Waals surface area contributed by atoms with E-state index in [1.165, 1.54) is 12.5 Å². The lowest BCUT2D eigenvalue weighted by atomic mass is 10.0. The maximum atomic E-state index is 12.6. The van der Waals surface area contributed by atoms with E-state index in [0.717, 1.165) is 5.56 Å². The van der Waals surface area contributed by atoms with E-state index in [9.17, 15) is 19.5 Å². The van der Waals surface area contributed by atoms with Crippen LogP contribution in [0.2, 0.25) is 0 Å². The van der Waals surface area contributed by atoms with Gasteiger partial charge < -0.3 is 26.5 Å². The summed E-state index contributed by atoms with van der Waals surface area (Å²) in [4.78, 5) is 42.3. The summed E-state index contributed by atoms with van der Waals surface area (Å²) in [6.07, 6.45) is 3.17. The molecule has 2 aromatic rings. The number of rotatable bonds is 9. The van der Waals surface area contributed by atoms with Crippen LogP contribution in [0.5, 0.6) is 0 Å². The normalized spacial score (nSPS) is 12.8. The molecule has 2 rings (SSSR count). The van der Waals surface area contributed by atoms with Crippen molar-refractivity contribution in [3.8, 4) is 0 Å². The fourth-order valence-corrected chi connectivity index (χ4v) is 2.40. The topological polar surface area (TPSA) is 150 Å². The number of aromatic nitrogens is 2. The first kappa shape index (κ1) is 19.1. The molecular weight excluding hydrogens is 338 g/mol. The Morgan fingerprint density at radius 3 is 2.42 bits per heavy atom. The fourth-order valence-electron chi connectivity index (χ4n) is 2.40. The van der Waals surface area contributed by atoms with Crippen molar-refractivity contribution >= 4 is 17.8 Å². The van der Waals surface area contributed by atoms with E-state index in [1.54, 1.807) is 0 Å². The number of carboxylic acid groups (broad SMARTS) is 1. The van der Waals surface area contributed by atoms with Crippen molar-refractivity contribution in [3.05, 3.63) is 54.1 Å². The van der Waals surface area contributed by atoms with E-state index < -0.39 is 29.9 Å². The number of imidazole rings is 1. The lowest BCUT2D eigenvalue weighted by Crippen LogP contribution is -2.54. The van der Waals surface area contributed by atoms with Crippen molar-refractivity contribution in [3.63, 3.8) is 0 Å². The Hall–Kier alpha value is -3.20. The number of hydrogen-bond donors (Lipinski definition) is 5. The first-order valence-electron chi connectivity index (χ1n) is 8.03. The number of carbonyl (C=O) groups is 3. The monoisotopic (exact) mass is 359 g/mol. The second kappa shape index (κ2) is 9.33. The molecule has 1 aromatic heterocycles. The Kier molecular flexibility index (Phi) is 6.86. The molecule has 26 heavy (non-hydrogen) atoms. The van der Waals surface area contributed by atoms with E-state index in [2.05, 4.69) is 20.6 Å². The molecule has 0 fully saturated rings. The highest BCUT2D eigenvalue weighted by molar-refractivity contribution is 5.91. The summed E-state index contributed by atoms with van der Waals surface area (Å²) in [6.45, 7) is -0.269. The molecule has 0 saturated carbocycles. The van der Waals surface area contributed by atoms with Crippen molar-refractivity contribution in [2.75, 3.05) is 6.54 Å². The first-order valence-corrected chi connectivity index (χ1v) is 8.03. The van der Waals surface area contributed by atoms with Crippen LogP contribution >= 0.6 is 0 Å². The minimum atomic E-state index is -1.18. The molecule has 0 saturated heterocycles. The minimum Gasteiger partial charge on any atom is -0.480 e. The molecule has 9 nitrogen and oxygen atoms in total. The number of hydrogen-bond acceptors (Lipinski definition) is 5. The maximum absolute atomic E-state index is 12.6. The Bertz CT molecular complexity index is 733. The van der Waals surface area contributed by atoms with Crippen LogP contribution in [0.4, 0.5) is 0 Å². The zero-order chi connectivity index (χ0) is 18.9. The molecule has 0 aliphatic carbocycles. The van der Waals surface area contributed by atoms with Crippen molar-refractivity contribution in [2.24, 2.45) is 5.73 Å². The van der Waals surface area contributed by atoms with E-state index >= 15 is 0 Å². The van der Waals surface area contributed by atoms with Gasteiger partial charge in [-0.2, -0.15) is 0 Å².